The Labute approximate surface area is 86.1 Å². The fourth-order valence-electron chi connectivity index (χ4n) is 1.43. The van der Waals surface area contributed by atoms with Gasteiger partial charge < -0.3 is 5.73 Å². The zero-order chi connectivity index (χ0) is 11.1. The van der Waals surface area contributed by atoms with Crippen LogP contribution in [0.5, 0.6) is 0 Å². The zero-order valence-electron chi connectivity index (χ0n) is 8.09. The number of carbonyl (C=O) groups excluding carboxylic acids is 1. The predicted molar refractivity (Wildman–Crippen MR) is 51.2 cm³/mol. The summed E-state index contributed by atoms with van der Waals surface area (Å²) in [5.41, 5.74) is 5.13. The molecule has 0 spiro atoms. The maximum atomic E-state index is 13.2. The smallest absolute Gasteiger partial charge is 0.157 e. The van der Waals surface area contributed by atoms with E-state index >= 15 is 0 Å². The van der Waals surface area contributed by atoms with Gasteiger partial charge in [-0.1, -0.05) is 6.07 Å². The molecule has 0 amide bonds. The summed E-state index contributed by atoms with van der Waals surface area (Å²) in [5.74, 6) is -1.50. The molecule has 0 unspecified atom stereocenters. The second-order valence-electron chi connectivity index (χ2n) is 3.99. The molecular formula is C11H11F2NO. The summed E-state index contributed by atoms with van der Waals surface area (Å²) in [6, 6.07) is 3.20. The number of Topliss-reactive ketones (excluding diaryl/α,β-unsaturated/α-hetero) is 1. The highest BCUT2D eigenvalue weighted by Crippen LogP contribution is 2.34. The summed E-state index contributed by atoms with van der Waals surface area (Å²) in [5, 5.41) is 0. The van der Waals surface area contributed by atoms with Crippen molar-refractivity contribution in [1.82, 2.24) is 0 Å². The van der Waals surface area contributed by atoms with Gasteiger partial charge in [0.1, 0.15) is 11.6 Å². The van der Waals surface area contributed by atoms with Crippen LogP contribution in [-0.4, -0.2) is 11.3 Å². The number of benzene rings is 1. The largest absolute Gasteiger partial charge is 0.319 e. The Morgan fingerprint density at radius 3 is 2.60 bits per heavy atom. The molecule has 1 fully saturated rings. The van der Waals surface area contributed by atoms with Crippen molar-refractivity contribution in [1.29, 1.82) is 0 Å². The molecule has 1 aliphatic carbocycles. The van der Waals surface area contributed by atoms with Crippen molar-refractivity contribution in [2.75, 3.05) is 0 Å². The zero-order valence-corrected chi connectivity index (χ0v) is 8.09. The van der Waals surface area contributed by atoms with Gasteiger partial charge in [0.05, 0.1) is 5.54 Å². The van der Waals surface area contributed by atoms with Gasteiger partial charge in [-0.05, 0) is 24.5 Å². The number of hydrogen-bond acceptors (Lipinski definition) is 2. The topological polar surface area (TPSA) is 43.1 Å². The van der Waals surface area contributed by atoms with E-state index in [4.69, 9.17) is 5.73 Å². The van der Waals surface area contributed by atoms with Crippen LogP contribution in [0.15, 0.2) is 18.2 Å². The second-order valence-corrected chi connectivity index (χ2v) is 3.99. The first-order valence-corrected chi connectivity index (χ1v) is 4.77. The number of nitrogens with two attached hydrogens (primary N) is 1. The average Bonchev–Trinajstić information content (AvgIpc) is 2.90. The molecule has 80 valence electrons. The molecule has 0 aromatic heterocycles. The minimum atomic E-state index is -0.749. The first-order chi connectivity index (χ1) is 7.01. The molecular weight excluding hydrogens is 200 g/mol. The van der Waals surface area contributed by atoms with Crippen molar-refractivity contribution < 1.29 is 13.6 Å². The Bertz CT molecular complexity index is 413. The van der Waals surface area contributed by atoms with E-state index in [-0.39, 0.29) is 17.8 Å². The Morgan fingerprint density at radius 1 is 1.40 bits per heavy atom. The van der Waals surface area contributed by atoms with Gasteiger partial charge in [0.2, 0.25) is 0 Å². The number of hydrogen-bond donors (Lipinski definition) is 1. The second kappa shape index (κ2) is 3.38. The Morgan fingerprint density at radius 2 is 2.07 bits per heavy atom. The van der Waals surface area contributed by atoms with Crippen LogP contribution >= 0.6 is 0 Å². The molecule has 1 aliphatic rings. The normalized spacial score (nSPS) is 17.5. The van der Waals surface area contributed by atoms with Gasteiger partial charge >= 0.3 is 0 Å². The summed E-state index contributed by atoms with van der Waals surface area (Å²) in [7, 11) is 0. The van der Waals surface area contributed by atoms with Crippen molar-refractivity contribution in [3.8, 4) is 0 Å². The minimum absolute atomic E-state index is 0.0530. The Balaban J connectivity index is 2.14. The molecule has 0 atom stereocenters. The van der Waals surface area contributed by atoms with Crippen LogP contribution in [0, 0.1) is 11.6 Å². The first-order valence-electron chi connectivity index (χ1n) is 4.77. The molecule has 0 aliphatic heterocycles. The van der Waals surface area contributed by atoms with Gasteiger partial charge in [-0.25, -0.2) is 8.78 Å². The third-order valence-corrected chi connectivity index (χ3v) is 2.71. The lowest BCUT2D eigenvalue weighted by Crippen LogP contribution is -2.34. The SMILES string of the molecule is NC1(C(=O)Cc2ccc(F)cc2F)CC1. The van der Waals surface area contributed by atoms with E-state index < -0.39 is 17.2 Å². The summed E-state index contributed by atoms with van der Waals surface area (Å²) in [6.45, 7) is 0. The third kappa shape index (κ3) is 2.04. The molecule has 2 nitrogen and oxygen atoms in total. The van der Waals surface area contributed by atoms with Crippen LogP contribution < -0.4 is 5.73 Å². The maximum Gasteiger partial charge on any atom is 0.157 e. The highest BCUT2D eigenvalue weighted by Gasteiger charge is 2.45. The monoisotopic (exact) mass is 211 g/mol. The molecule has 15 heavy (non-hydrogen) atoms. The quantitative estimate of drug-likeness (QED) is 0.824. The molecule has 2 rings (SSSR count). The minimum Gasteiger partial charge on any atom is -0.319 e. The average molecular weight is 211 g/mol. The third-order valence-electron chi connectivity index (χ3n) is 2.71. The van der Waals surface area contributed by atoms with Crippen molar-refractivity contribution in [3.63, 3.8) is 0 Å². The maximum absolute atomic E-state index is 13.2. The summed E-state index contributed by atoms with van der Waals surface area (Å²) in [4.78, 5) is 11.5. The number of halogens is 2. The molecule has 0 radical (unpaired) electrons. The lowest BCUT2D eigenvalue weighted by Gasteiger charge is -2.07. The summed E-state index contributed by atoms with van der Waals surface area (Å²) < 4.78 is 25.8. The highest BCUT2D eigenvalue weighted by molar-refractivity contribution is 5.92. The van der Waals surface area contributed by atoms with Gasteiger partial charge in [-0.15, -0.1) is 0 Å². The highest BCUT2D eigenvalue weighted by atomic mass is 19.1. The van der Waals surface area contributed by atoms with Crippen molar-refractivity contribution in [3.05, 3.63) is 35.4 Å². The molecule has 1 aromatic rings. The van der Waals surface area contributed by atoms with Crippen LogP contribution in [0.1, 0.15) is 18.4 Å². The van der Waals surface area contributed by atoms with Crippen molar-refractivity contribution >= 4 is 5.78 Å². The number of carbonyl (C=O) groups is 1. The van der Waals surface area contributed by atoms with Crippen LogP contribution in [0.25, 0.3) is 0 Å². The van der Waals surface area contributed by atoms with Crippen molar-refractivity contribution in [2.45, 2.75) is 24.8 Å². The molecule has 0 heterocycles. The van der Waals surface area contributed by atoms with Gasteiger partial charge in [0, 0.05) is 12.5 Å². The van der Waals surface area contributed by atoms with Gasteiger partial charge in [0.25, 0.3) is 0 Å². The van der Waals surface area contributed by atoms with E-state index in [9.17, 15) is 13.6 Å². The lowest BCUT2D eigenvalue weighted by atomic mass is 10.0. The van der Waals surface area contributed by atoms with Gasteiger partial charge in [-0.2, -0.15) is 0 Å². The van der Waals surface area contributed by atoms with E-state index in [2.05, 4.69) is 0 Å². The van der Waals surface area contributed by atoms with Crippen LogP contribution in [0.2, 0.25) is 0 Å². The molecule has 0 bridgehead atoms. The van der Waals surface area contributed by atoms with Gasteiger partial charge in [0.15, 0.2) is 5.78 Å². The number of rotatable bonds is 3. The first kappa shape index (κ1) is 10.2. The molecule has 0 saturated heterocycles. The van der Waals surface area contributed by atoms with Crippen molar-refractivity contribution in [2.24, 2.45) is 5.73 Å². The number of ketones is 1. The fraction of sp³-hybridized carbons (Fsp3) is 0.364. The molecule has 2 N–H and O–H groups in total. The summed E-state index contributed by atoms with van der Waals surface area (Å²) in [6.07, 6.45) is 1.27. The van der Waals surface area contributed by atoms with E-state index in [1.807, 2.05) is 0 Å². The van der Waals surface area contributed by atoms with E-state index in [0.717, 1.165) is 12.1 Å². The Kier molecular flexibility index (Phi) is 2.31. The van der Waals surface area contributed by atoms with Crippen LogP contribution in [-0.2, 0) is 11.2 Å². The predicted octanol–water partition coefficient (Wildman–Crippen LogP) is 1.57. The van der Waals surface area contributed by atoms with E-state index in [1.54, 1.807) is 0 Å². The Hall–Kier alpha value is -1.29. The lowest BCUT2D eigenvalue weighted by molar-refractivity contribution is -0.120. The van der Waals surface area contributed by atoms with Crippen LogP contribution in [0.4, 0.5) is 8.78 Å². The van der Waals surface area contributed by atoms with E-state index in [0.29, 0.717) is 12.8 Å². The fourth-order valence-corrected chi connectivity index (χ4v) is 1.43. The standard InChI is InChI=1S/C11H11F2NO/c12-8-2-1-7(9(13)6-8)5-10(15)11(14)3-4-11/h1-2,6H,3-5,14H2. The molecule has 1 aromatic carbocycles. The van der Waals surface area contributed by atoms with E-state index in [1.165, 1.54) is 6.07 Å². The molecule has 1 saturated carbocycles. The summed E-state index contributed by atoms with van der Waals surface area (Å²) >= 11 is 0. The molecule has 4 heteroatoms. The van der Waals surface area contributed by atoms with Gasteiger partial charge in [-0.3, -0.25) is 4.79 Å². The van der Waals surface area contributed by atoms with Crippen LogP contribution in [0.3, 0.4) is 0 Å².